The first-order valence-corrected chi connectivity index (χ1v) is 9.74. The summed E-state index contributed by atoms with van der Waals surface area (Å²) in [6.45, 7) is 2.12. The molecule has 0 amide bonds. The quantitative estimate of drug-likeness (QED) is 0.406. The Balaban J connectivity index is 0.00000225. The van der Waals surface area contributed by atoms with Crippen molar-refractivity contribution in [3.8, 4) is 0 Å². The number of aromatic nitrogens is 1. The molecule has 0 spiro atoms. The number of hydrogen-bond donors (Lipinski definition) is 1. The van der Waals surface area contributed by atoms with E-state index in [0.717, 1.165) is 23.9 Å². The number of halogens is 1. The van der Waals surface area contributed by atoms with Gasteiger partial charge in [-0.1, -0.05) is 28.1 Å². The predicted octanol–water partition coefficient (Wildman–Crippen LogP) is 3.30. The minimum Gasteiger partial charge on any atom is -0.462 e. The molecule has 2 heterocycles. The zero-order valence-electron chi connectivity index (χ0n) is 14.4. The van der Waals surface area contributed by atoms with Gasteiger partial charge in [0.1, 0.15) is 6.10 Å². The molecule has 1 aromatic rings. The Morgan fingerprint density at radius 2 is 2.24 bits per heavy atom. The Bertz CT molecular complexity index is 598. The van der Waals surface area contributed by atoms with Crippen molar-refractivity contribution in [2.24, 2.45) is 29.6 Å². The van der Waals surface area contributed by atoms with E-state index in [2.05, 4.69) is 27.0 Å². The number of pyridine rings is 1. The van der Waals surface area contributed by atoms with Crippen molar-refractivity contribution >= 4 is 28.0 Å². The number of fused-ring (bicyclic) bond motifs is 1. The molecular formula is C19H24AcBrNO3. The number of alkyl halides is 1. The average Bonchev–Trinajstić information content (AvgIpc) is 2.88. The molecule has 1 aromatic heterocycles. The number of nitrogens with zero attached hydrogens (tertiary/aromatic N) is 1. The molecule has 1 N–H and O–H groups in total. The van der Waals surface area contributed by atoms with Crippen LogP contribution in [0.2, 0.25) is 0 Å². The minimum absolute atomic E-state index is 0. The SMILES string of the molecule is C[C@H]1OC(=O)C2CC(CO)C(CCBr)C(/C=C/c3ccccn3)C21.[Ac]. The molecular weight excluding hydrogens is 597 g/mol. The van der Waals surface area contributed by atoms with E-state index in [1.54, 1.807) is 6.20 Å². The number of aliphatic hydroxyl groups excluding tert-OH is 1. The van der Waals surface area contributed by atoms with Crippen LogP contribution in [0.25, 0.3) is 6.08 Å². The molecule has 1 aliphatic carbocycles. The number of carbonyl (C=O) groups is 1. The van der Waals surface area contributed by atoms with Gasteiger partial charge < -0.3 is 9.84 Å². The van der Waals surface area contributed by atoms with Crippen LogP contribution in [0.1, 0.15) is 25.5 Å². The number of rotatable bonds is 5. The van der Waals surface area contributed by atoms with Crippen molar-refractivity contribution in [2.75, 3.05) is 11.9 Å². The molecule has 1 radical (unpaired) electrons. The van der Waals surface area contributed by atoms with Crippen molar-refractivity contribution in [1.82, 2.24) is 4.98 Å². The third kappa shape index (κ3) is 4.75. The molecule has 1 saturated carbocycles. The molecule has 25 heavy (non-hydrogen) atoms. The molecule has 133 valence electrons. The first-order valence-electron chi connectivity index (χ1n) is 8.62. The number of carbonyl (C=O) groups excluding carboxylic acids is 1. The molecule has 1 saturated heterocycles. The molecule has 0 aromatic carbocycles. The van der Waals surface area contributed by atoms with Gasteiger partial charge in [0, 0.05) is 68.1 Å². The number of ether oxygens (including phenoxy) is 1. The fraction of sp³-hybridized carbons (Fsp3) is 0.579. The molecule has 2 aliphatic rings. The fourth-order valence-electron chi connectivity index (χ4n) is 4.49. The standard InChI is InChI=1S/C19H24BrNO3.Ac/c1-12-18-16(6-5-14-4-2-3-9-21-14)15(7-8-20)13(11-22)10-17(18)19(23)24-12;/h2-6,9,12-13,15-18,22H,7-8,10-11H2,1H3;/b6-5+;/t12-,13?,15?,16?,17?,18?;/m1./s1. The van der Waals surface area contributed by atoms with Gasteiger partial charge in [-0.2, -0.15) is 0 Å². The second kappa shape index (κ2) is 9.97. The maximum Gasteiger partial charge on any atom is 0.309 e. The topological polar surface area (TPSA) is 59.4 Å². The molecule has 5 unspecified atom stereocenters. The van der Waals surface area contributed by atoms with E-state index < -0.39 is 0 Å². The van der Waals surface area contributed by atoms with Crippen molar-refractivity contribution in [1.29, 1.82) is 0 Å². The van der Waals surface area contributed by atoms with Crippen LogP contribution in [0.15, 0.2) is 30.5 Å². The van der Waals surface area contributed by atoms with Gasteiger partial charge in [0.2, 0.25) is 0 Å². The molecule has 1 aliphatic heterocycles. The van der Waals surface area contributed by atoms with Crippen LogP contribution in [0.4, 0.5) is 0 Å². The Kier molecular flexibility index (Phi) is 8.59. The van der Waals surface area contributed by atoms with Gasteiger partial charge in [-0.05, 0) is 55.7 Å². The monoisotopic (exact) mass is 620 g/mol. The van der Waals surface area contributed by atoms with Gasteiger partial charge in [0.25, 0.3) is 0 Å². The third-order valence-electron chi connectivity index (χ3n) is 5.57. The molecule has 6 atom stereocenters. The van der Waals surface area contributed by atoms with Crippen LogP contribution in [-0.4, -0.2) is 34.1 Å². The second-order valence-corrected chi connectivity index (χ2v) is 7.63. The van der Waals surface area contributed by atoms with E-state index in [4.69, 9.17) is 4.74 Å². The van der Waals surface area contributed by atoms with Crippen molar-refractivity contribution < 1.29 is 58.7 Å². The molecule has 2 fully saturated rings. The van der Waals surface area contributed by atoms with Crippen LogP contribution >= 0.6 is 15.9 Å². The van der Waals surface area contributed by atoms with Crippen molar-refractivity contribution in [3.05, 3.63) is 36.2 Å². The summed E-state index contributed by atoms with van der Waals surface area (Å²) in [6.07, 6.45) is 7.65. The summed E-state index contributed by atoms with van der Waals surface area (Å²) in [5.41, 5.74) is 0.913. The molecule has 0 bridgehead atoms. The van der Waals surface area contributed by atoms with E-state index in [-0.39, 0.29) is 86.4 Å². The van der Waals surface area contributed by atoms with Crippen molar-refractivity contribution in [2.45, 2.75) is 25.9 Å². The van der Waals surface area contributed by atoms with Crippen LogP contribution in [0.3, 0.4) is 0 Å². The number of cyclic esters (lactones) is 1. The Morgan fingerprint density at radius 3 is 2.88 bits per heavy atom. The molecule has 4 nitrogen and oxygen atoms in total. The normalized spacial score (nSPS) is 34.4. The summed E-state index contributed by atoms with van der Waals surface area (Å²) in [4.78, 5) is 16.6. The number of aliphatic hydroxyl groups is 1. The fourth-order valence-corrected chi connectivity index (χ4v) is 5.02. The maximum atomic E-state index is 12.2. The Morgan fingerprint density at radius 1 is 1.44 bits per heavy atom. The zero-order chi connectivity index (χ0) is 17.1. The largest absolute Gasteiger partial charge is 0.462 e. The Hall–Kier alpha value is 0.242. The summed E-state index contributed by atoms with van der Waals surface area (Å²) < 4.78 is 5.53. The van der Waals surface area contributed by atoms with Gasteiger partial charge >= 0.3 is 5.97 Å². The van der Waals surface area contributed by atoms with E-state index in [1.165, 1.54) is 0 Å². The minimum atomic E-state index is -0.0977. The van der Waals surface area contributed by atoms with Crippen LogP contribution in [-0.2, 0) is 9.53 Å². The summed E-state index contributed by atoms with van der Waals surface area (Å²) in [5, 5.41) is 10.8. The summed E-state index contributed by atoms with van der Waals surface area (Å²) in [5.74, 6) is 0.681. The average molecular weight is 621 g/mol. The summed E-state index contributed by atoms with van der Waals surface area (Å²) in [7, 11) is 0. The van der Waals surface area contributed by atoms with Gasteiger partial charge in [0.05, 0.1) is 11.6 Å². The van der Waals surface area contributed by atoms with Gasteiger partial charge in [-0.3, -0.25) is 9.78 Å². The van der Waals surface area contributed by atoms with Gasteiger partial charge in [-0.15, -0.1) is 0 Å². The first-order chi connectivity index (χ1) is 11.7. The predicted molar refractivity (Wildman–Crippen MR) is 96.4 cm³/mol. The van der Waals surface area contributed by atoms with E-state index in [0.29, 0.717) is 5.92 Å². The maximum absolute atomic E-state index is 12.2. The van der Waals surface area contributed by atoms with Gasteiger partial charge in [0.15, 0.2) is 0 Å². The second-order valence-electron chi connectivity index (χ2n) is 6.84. The van der Waals surface area contributed by atoms with E-state index in [1.807, 2.05) is 31.2 Å². The van der Waals surface area contributed by atoms with E-state index in [9.17, 15) is 9.90 Å². The zero-order valence-corrected chi connectivity index (χ0v) is 20.8. The number of allylic oxidation sites excluding steroid dienone is 1. The number of hydrogen-bond acceptors (Lipinski definition) is 4. The van der Waals surface area contributed by atoms with Crippen molar-refractivity contribution in [3.63, 3.8) is 0 Å². The summed E-state index contributed by atoms with van der Waals surface area (Å²) >= 11 is 3.55. The van der Waals surface area contributed by atoms with Crippen LogP contribution < -0.4 is 0 Å². The first kappa shape index (κ1) is 21.5. The smallest absolute Gasteiger partial charge is 0.309 e. The van der Waals surface area contributed by atoms with Crippen LogP contribution in [0, 0.1) is 73.7 Å². The number of esters is 1. The Labute approximate surface area is 193 Å². The van der Waals surface area contributed by atoms with Crippen LogP contribution in [0.5, 0.6) is 0 Å². The van der Waals surface area contributed by atoms with E-state index >= 15 is 0 Å². The molecule has 6 heteroatoms. The summed E-state index contributed by atoms with van der Waals surface area (Å²) in [6, 6.07) is 5.84. The third-order valence-corrected chi connectivity index (χ3v) is 6.02. The van der Waals surface area contributed by atoms with Gasteiger partial charge in [-0.25, -0.2) is 0 Å². The molecule has 3 rings (SSSR count).